The Balaban J connectivity index is 2.48. The van der Waals surface area contributed by atoms with Crippen molar-refractivity contribution in [3.05, 3.63) is 30.6 Å². The highest BCUT2D eigenvalue weighted by atomic mass is 19.3. The van der Waals surface area contributed by atoms with Crippen LogP contribution in [0.2, 0.25) is 0 Å². The minimum Gasteiger partial charge on any atom is -0.432 e. The lowest BCUT2D eigenvalue weighted by atomic mass is 10.2. The van der Waals surface area contributed by atoms with E-state index in [9.17, 15) is 18.0 Å². The van der Waals surface area contributed by atoms with Crippen LogP contribution >= 0.6 is 0 Å². The Morgan fingerprint density at radius 1 is 1.48 bits per heavy atom. The van der Waals surface area contributed by atoms with Crippen LogP contribution in [0.15, 0.2) is 24.8 Å². The molecule has 0 atom stereocenters. The third-order valence-corrected chi connectivity index (χ3v) is 2.53. The van der Waals surface area contributed by atoms with Gasteiger partial charge < -0.3 is 10.1 Å². The van der Waals surface area contributed by atoms with Crippen LogP contribution in [0, 0.1) is 5.82 Å². The van der Waals surface area contributed by atoms with Crippen LogP contribution in [-0.4, -0.2) is 27.3 Å². The first-order valence-corrected chi connectivity index (χ1v) is 5.94. The Labute approximate surface area is 117 Å². The molecule has 1 heterocycles. The van der Waals surface area contributed by atoms with Crippen LogP contribution in [0.3, 0.4) is 0 Å². The molecule has 0 fully saturated rings. The van der Waals surface area contributed by atoms with Crippen molar-refractivity contribution in [2.75, 3.05) is 5.32 Å². The number of ether oxygens (including phenoxy) is 1. The zero-order valence-corrected chi connectivity index (χ0v) is 10.9. The number of alkyl halides is 2. The zero-order chi connectivity index (χ0) is 15.4. The monoisotopic (exact) mass is 300 g/mol. The van der Waals surface area contributed by atoms with E-state index in [0.717, 1.165) is 12.1 Å². The molecule has 112 valence electrons. The molecular formula is C12H11F3N4O2. The van der Waals surface area contributed by atoms with Crippen molar-refractivity contribution in [1.82, 2.24) is 14.8 Å². The van der Waals surface area contributed by atoms with Crippen LogP contribution in [0.1, 0.15) is 13.3 Å². The molecule has 0 aliphatic carbocycles. The van der Waals surface area contributed by atoms with E-state index in [1.165, 1.54) is 17.3 Å². The van der Waals surface area contributed by atoms with E-state index in [1.54, 1.807) is 6.92 Å². The van der Waals surface area contributed by atoms with Gasteiger partial charge in [0, 0.05) is 18.6 Å². The first kappa shape index (κ1) is 14.8. The summed E-state index contributed by atoms with van der Waals surface area (Å²) in [5.74, 6) is -2.03. The Kier molecular flexibility index (Phi) is 4.41. The number of benzene rings is 1. The Morgan fingerprint density at radius 2 is 2.24 bits per heavy atom. The van der Waals surface area contributed by atoms with Gasteiger partial charge in [0.25, 0.3) is 0 Å². The number of carbonyl (C=O) groups is 1. The van der Waals surface area contributed by atoms with Crippen molar-refractivity contribution in [1.29, 1.82) is 0 Å². The first-order valence-electron chi connectivity index (χ1n) is 5.94. The number of rotatable bonds is 5. The van der Waals surface area contributed by atoms with Crippen LogP contribution in [0.25, 0.3) is 5.69 Å². The number of amides is 1. The molecule has 0 saturated heterocycles. The molecular weight excluding hydrogens is 289 g/mol. The second kappa shape index (κ2) is 6.25. The smallest absolute Gasteiger partial charge is 0.387 e. The fourth-order valence-corrected chi connectivity index (χ4v) is 1.59. The fourth-order valence-electron chi connectivity index (χ4n) is 1.59. The topological polar surface area (TPSA) is 69.0 Å². The summed E-state index contributed by atoms with van der Waals surface area (Å²) in [6.45, 7) is -1.55. The molecule has 1 amide bonds. The van der Waals surface area contributed by atoms with Crippen molar-refractivity contribution < 1.29 is 22.7 Å². The molecule has 2 aromatic rings. The van der Waals surface area contributed by atoms with Crippen molar-refractivity contribution >= 4 is 11.6 Å². The Bertz CT molecular complexity index is 632. The maximum atomic E-state index is 13.7. The summed E-state index contributed by atoms with van der Waals surface area (Å²) in [5, 5.41) is 6.28. The summed E-state index contributed by atoms with van der Waals surface area (Å²) >= 11 is 0. The van der Waals surface area contributed by atoms with Crippen LogP contribution in [0.4, 0.5) is 18.9 Å². The predicted octanol–water partition coefficient (Wildman–Crippen LogP) is 2.36. The number of hydrogen-bond donors (Lipinski definition) is 1. The van der Waals surface area contributed by atoms with Crippen molar-refractivity contribution in [3.63, 3.8) is 0 Å². The minimum atomic E-state index is -3.17. The highest BCUT2D eigenvalue weighted by Crippen LogP contribution is 2.29. The molecule has 0 aliphatic rings. The Hall–Kier alpha value is -2.58. The second-order valence-electron chi connectivity index (χ2n) is 3.92. The Morgan fingerprint density at radius 3 is 2.81 bits per heavy atom. The largest absolute Gasteiger partial charge is 0.432 e. The van der Waals surface area contributed by atoms with E-state index in [1.807, 2.05) is 0 Å². The molecule has 0 saturated carbocycles. The second-order valence-corrected chi connectivity index (χ2v) is 3.92. The third-order valence-electron chi connectivity index (χ3n) is 2.53. The molecule has 1 N–H and O–H groups in total. The number of carbonyl (C=O) groups excluding carboxylic acids is 1. The van der Waals surface area contributed by atoms with Gasteiger partial charge >= 0.3 is 6.61 Å². The van der Waals surface area contributed by atoms with E-state index in [2.05, 4.69) is 20.1 Å². The van der Waals surface area contributed by atoms with Crippen molar-refractivity contribution in [2.45, 2.75) is 20.0 Å². The first-order chi connectivity index (χ1) is 10.0. The molecule has 0 spiro atoms. The van der Waals surface area contributed by atoms with Crippen molar-refractivity contribution in [2.24, 2.45) is 0 Å². The van der Waals surface area contributed by atoms with Crippen LogP contribution < -0.4 is 10.1 Å². The van der Waals surface area contributed by atoms with Gasteiger partial charge in [-0.05, 0) is 0 Å². The van der Waals surface area contributed by atoms with Gasteiger partial charge in [-0.1, -0.05) is 6.92 Å². The molecule has 0 unspecified atom stereocenters. The van der Waals surface area contributed by atoms with E-state index >= 15 is 0 Å². The van der Waals surface area contributed by atoms with Crippen LogP contribution in [-0.2, 0) is 4.79 Å². The standard InChI is InChI=1S/C12H11F3N4O2/c1-2-11(20)18-8-3-7(13)10(21-12(14)15)4-9(8)19-6-16-5-17-19/h3-6,12H,2H2,1H3,(H,18,20). The summed E-state index contributed by atoms with van der Waals surface area (Å²) in [7, 11) is 0. The maximum Gasteiger partial charge on any atom is 0.387 e. The van der Waals surface area contributed by atoms with E-state index < -0.39 is 18.2 Å². The van der Waals surface area contributed by atoms with E-state index in [4.69, 9.17) is 0 Å². The molecule has 0 radical (unpaired) electrons. The third kappa shape index (κ3) is 3.50. The SMILES string of the molecule is CCC(=O)Nc1cc(F)c(OC(F)F)cc1-n1cncn1. The number of aromatic nitrogens is 3. The quantitative estimate of drug-likeness (QED) is 0.920. The normalized spacial score (nSPS) is 10.7. The minimum absolute atomic E-state index is 0.0754. The van der Waals surface area contributed by atoms with Gasteiger partial charge in [0.2, 0.25) is 5.91 Å². The molecule has 0 bridgehead atoms. The van der Waals surface area contributed by atoms with Gasteiger partial charge in [0.1, 0.15) is 12.7 Å². The summed E-state index contributed by atoms with van der Waals surface area (Å²) in [6, 6.07) is 1.91. The summed E-state index contributed by atoms with van der Waals surface area (Å²) in [6.07, 6.45) is 2.66. The summed E-state index contributed by atoms with van der Waals surface area (Å²) in [4.78, 5) is 15.2. The highest BCUT2D eigenvalue weighted by molar-refractivity contribution is 5.92. The van der Waals surface area contributed by atoms with Crippen molar-refractivity contribution in [3.8, 4) is 11.4 Å². The van der Waals surface area contributed by atoms with E-state index in [-0.39, 0.29) is 23.7 Å². The number of hydrogen-bond acceptors (Lipinski definition) is 4. The summed E-state index contributed by atoms with van der Waals surface area (Å²) < 4.78 is 43.5. The molecule has 0 aliphatic heterocycles. The molecule has 9 heteroatoms. The average Bonchev–Trinajstić information content (AvgIpc) is 2.95. The summed E-state index contributed by atoms with van der Waals surface area (Å²) in [5.41, 5.74) is 0.234. The van der Waals surface area contributed by atoms with Gasteiger partial charge in [-0.2, -0.15) is 13.9 Å². The van der Waals surface area contributed by atoms with Gasteiger partial charge in [-0.3, -0.25) is 4.79 Å². The number of nitrogens with one attached hydrogen (secondary N) is 1. The molecule has 1 aromatic carbocycles. The van der Waals surface area contributed by atoms with Gasteiger partial charge in [0.05, 0.1) is 11.4 Å². The zero-order valence-electron chi connectivity index (χ0n) is 10.9. The van der Waals surface area contributed by atoms with Gasteiger partial charge in [0.15, 0.2) is 11.6 Å². The fraction of sp³-hybridized carbons (Fsp3) is 0.250. The molecule has 2 rings (SSSR count). The number of nitrogens with zero attached hydrogens (tertiary/aromatic N) is 3. The van der Waals surface area contributed by atoms with Crippen LogP contribution in [0.5, 0.6) is 5.75 Å². The van der Waals surface area contributed by atoms with E-state index in [0.29, 0.717) is 0 Å². The lowest BCUT2D eigenvalue weighted by Crippen LogP contribution is -2.13. The highest BCUT2D eigenvalue weighted by Gasteiger charge is 2.17. The number of halogens is 3. The lowest BCUT2D eigenvalue weighted by molar-refractivity contribution is -0.115. The maximum absolute atomic E-state index is 13.7. The number of anilines is 1. The predicted molar refractivity (Wildman–Crippen MR) is 66.9 cm³/mol. The average molecular weight is 300 g/mol. The molecule has 21 heavy (non-hydrogen) atoms. The molecule has 6 nitrogen and oxygen atoms in total. The van der Waals surface area contributed by atoms with Gasteiger partial charge in [-0.25, -0.2) is 14.1 Å². The molecule has 1 aromatic heterocycles. The van der Waals surface area contributed by atoms with Gasteiger partial charge in [-0.15, -0.1) is 0 Å². The lowest BCUT2D eigenvalue weighted by Gasteiger charge is -2.13.